The molecule has 1 saturated carbocycles. The van der Waals surface area contributed by atoms with Crippen molar-refractivity contribution in [1.29, 1.82) is 0 Å². The molecular weight excluding hydrogens is 306 g/mol. The molecule has 0 bridgehead atoms. The van der Waals surface area contributed by atoms with Crippen LogP contribution in [0.15, 0.2) is 17.6 Å². The van der Waals surface area contributed by atoms with Gasteiger partial charge in [-0.3, -0.25) is 9.20 Å². The van der Waals surface area contributed by atoms with Crippen molar-refractivity contribution < 1.29 is 9.90 Å². The summed E-state index contributed by atoms with van der Waals surface area (Å²) in [6.07, 6.45) is 4.43. The van der Waals surface area contributed by atoms with Crippen molar-refractivity contribution in [3.8, 4) is 0 Å². The Morgan fingerprint density at radius 3 is 3.24 bits per heavy atom. The first-order valence-corrected chi connectivity index (χ1v) is 8.71. The molecule has 2 N–H and O–H groups in total. The average molecular weight is 321 g/mol. The largest absolute Gasteiger partial charge is 0.393 e. The van der Waals surface area contributed by atoms with Crippen LogP contribution in [-0.2, 0) is 0 Å². The molecule has 4 rings (SSSR count). The number of hydrogen-bond acceptors (Lipinski definition) is 5. The monoisotopic (exact) mass is 321 g/mol. The lowest BCUT2D eigenvalue weighted by Gasteiger charge is -2.09. The second-order valence-electron chi connectivity index (χ2n) is 5.51. The minimum absolute atomic E-state index is 0.0385. The number of nitrogens with zero attached hydrogens (tertiary/aromatic N) is 2. The van der Waals surface area contributed by atoms with Gasteiger partial charge in [-0.05, 0) is 31.2 Å². The molecule has 0 spiro atoms. The third-order valence-corrected chi connectivity index (χ3v) is 5.80. The molecule has 21 heavy (non-hydrogen) atoms. The van der Waals surface area contributed by atoms with E-state index in [2.05, 4.69) is 10.3 Å². The van der Waals surface area contributed by atoms with Crippen LogP contribution >= 0.6 is 22.7 Å². The highest BCUT2D eigenvalue weighted by atomic mass is 32.1. The maximum Gasteiger partial charge on any atom is 0.261 e. The Kier molecular flexibility index (Phi) is 3.20. The van der Waals surface area contributed by atoms with E-state index >= 15 is 0 Å². The van der Waals surface area contributed by atoms with Gasteiger partial charge in [0.1, 0.15) is 4.83 Å². The number of carbonyl (C=O) groups is 1. The van der Waals surface area contributed by atoms with Gasteiger partial charge in [0.25, 0.3) is 5.91 Å². The van der Waals surface area contributed by atoms with Gasteiger partial charge >= 0.3 is 0 Å². The van der Waals surface area contributed by atoms with Crippen LogP contribution in [0.25, 0.3) is 15.3 Å². The van der Waals surface area contributed by atoms with Crippen molar-refractivity contribution in [2.24, 2.45) is 5.92 Å². The van der Waals surface area contributed by atoms with Gasteiger partial charge in [0.2, 0.25) is 0 Å². The number of thiazole rings is 1. The van der Waals surface area contributed by atoms with Gasteiger partial charge in [-0.15, -0.1) is 22.7 Å². The lowest BCUT2D eigenvalue weighted by Crippen LogP contribution is -2.28. The number of carbonyl (C=O) groups excluding carboxylic acids is 1. The van der Waals surface area contributed by atoms with Gasteiger partial charge in [0.15, 0.2) is 4.96 Å². The highest BCUT2D eigenvalue weighted by molar-refractivity contribution is 7.21. The Hall–Kier alpha value is -1.44. The zero-order chi connectivity index (χ0) is 14.4. The summed E-state index contributed by atoms with van der Waals surface area (Å²) in [6.45, 7) is 0.645. The Morgan fingerprint density at radius 2 is 2.43 bits per heavy atom. The van der Waals surface area contributed by atoms with E-state index in [0.717, 1.165) is 34.6 Å². The number of amides is 1. The Labute approximate surface area is 129 Å². The van der Waals surface area contributed by atoms with E-state index in [1.54, 1.807) is 11.3 Å². The quantitative estimate of drug-likeness (QED) is 0.779. The van der Waals surface area contributed by atoms with E-state index in [9.17, 15) is 9.90 Å². The molecule has 3 aromatic rings. The lowest BCUT2D eigenvalue weighted by molar-refractivity contribution is 0.0949. The molecule has 5 nitrogen and oxygen atoms in total. The first-order chi connectivity index (χ1) is 10.2. The van der Waals surface area contributed by atoms with Crippen molar-refractivity contribution in [3.63, 3.8) is 0 Å². The van der Waals surface area contributed by atoms with E-state index in [0.29, 0.717) is 17.3 Å². The predicted octanol–water partition coefficient (Wildman–Crippen LogP) is 2.50. The summed E-state index contributed by atoms with van der Waals surface area (Å²) in [6, 6.07) is 1.91. The molecule has 7 heteroatoms. The molecule has 0 aromatic carbocycles. The predicted molar refractivity (Wildman–Crippen MR) is 84.1 cm³/mol. The van der Waals surface area contributed by atoms with Crippen molar-refractivity contribution in [2.75, 3.05) is 6.54 Å². The van der Waals surface area contributed by atoms with Crippen molar-refractivity contribution >= 4 is 43.9 Å². The molecule has 2 unspecified atom stereocenters. The van der Waals surface area contributed by atoms with Gasteiger partial charge in [-0.2, -0.15) is 0 Å². The Balaban J connectivity index is 1.49. The van der Waals surface area contributed by atoms with Crippen LogP contribution in [0.2, 0.25) is 0 Å². The van der Waals surface area contributed by atoms with Crippen LogP contribution in [-0.4, -0.2) is 33.0 Å². The summed E-state index contributed by atoms with van der Waals surface area (Å²) in [5, 5.41) is 14.5. The number of imidazole rings is 1. The first-order valence-electron chi connectivity index (χ1n) is 7.02. The Bertz CT molecular complexity index is 804. The van der Waals surface area contributed by atoms with E-state index in [4.69, 9.17) is 0 Å². The lowest BCUT2D eigenvalue weighted by atomic mass is 10.1. The number of rotatable bonds is 3. The van der Waals surface area contributed by atoms with Gasteiger partial charge in [-0.1, -0.05) is 0 Å². The second-order valence-corrected chi connectivity index (χ2v) is 7.42. The molecule has 2 atom stereocenters. The minimum Gasteiger partial charge on any atom is -0.393 e. The number of aliphatic hydroxyl groups excluding tert-OH is 1. The van der Waals surface area contributed by atoms with Crippen LogP contribution in [0.1, 0.15) is 28.9 Å². The number of nitrogens with one attached hydrogen (secondary N) is 1. The standard InChI is InChI=1S/C14H15N3O2S2/c18-9-2-1-8(5-9)7-15-12(19)11-6-10-13(21-11)16-14-17(10)3-4-20-14/h3-4,6,8-9,18H,1-2,5,7H2,(H,15,19). The topological polar surface area (TPSA) is 66.6 Å². The molecule has 110 valence electrons. The molecule has 1 fully saturated rings. The fourth-order valence-corrected chi connectivity index (χ4v) is 4.63. The summed E-state index contributed by atoms with van der Waals surface area (Å²) in [5.41, 5.74) is 0.998. The number of thiophene rings is 1. The zero-order valence-electron chi connectivity index (χ0n) is 11.3. The molecule has 0 saturated heterocycles. The van der Waals surface area contributed by atoms with Crippen LogP contribution in [0.3, 0.4) is 0 Å². The minimum atomic E-state index is -0.190. The highest BCUT2D eigenvalue weighted by Gasteiger charge is 2.23. The fraction of sp³-hybridized carbons (Fsp3) is 0.429. The number of aliphatic hydroxyl groups is 1. The number of hydrogen-bond donors (Lipinski definition) is 2. The zero-order valence-corrected chi connectivity index (χ0v) is 12.9. The van der Waals surface area contributed by atoms with Crippen molar-refractivity contribution in [2.45, 2.75) is 25.4 Å². The summed E-state index contributed by atoms with van der Waals surface area (Å²) in [7, 11) is 0. The molecule has 3 heterocycles. The maximum absolute atomic E-state index is 12.2. The molecule has 0 aliphatic heterocycles. The fourth-order valence-electron chi connectivity index (χ4n) is 2.92. The van der Waals surface area contributed by atoms with Crippen LogP contribution in [0.4, 0.5) is 0 Å². The third kappa shape index (κ3) is 2.35. The van der Waals surface area contributed by atoms with Crippen LogP contribution < -0.4 is 5.32 Å². The normalized spacial score (nSPS) is 22.3. The van der Waals surface area contributed by atoms with Gasteiger partial charge in [0.05, 0.1) is 16.5 Å². The second kappa shape index (κ2) is 5.08. The number of fused-ring (bicyclic) bond motifs is 3. The van der Waals surface area contributed by atoms with Crippen LogP contribution in [0.5, 0.6) is 0 Å². The third-order valence-electron chi connectivity index (χ3n) is 4.03. The van der Waals surface area contributed by atoms with E-state index < -0.39 is 0 Å². The smallest absolute Gasteiger partial charge is 0.261 e. The van der Waals surface area contributed by atoms with E-state index in [1.165, 1.54) is 11.3 Å². The molecule has 0 radical (unpaired) electrons. The summed E-state index contributed by atoms with van der Waals surface area (Å²) in [5.74, 6) is 0.363. The highest BCUT2D eigenvalue weighted by Crippen LogP contribution is 2.28. The Morgan fingerprint density at radius 1 is 1.52 bits per heavy atom. The summed E-state index contributed by atoms with van der Waals surface area (Å²) >= 11 is 3.03. The average Bonchev–Trinajstić information content (AvgIpc) is 3.16. The molecular formula is C14H15N3O2S2. The van der Waals surface area contributed by atoms with E-state index in [-0.39, 0.29) is 12.0 Å². The summed E-state index contributed by atoms with van der Waals surface area (Å²) in [4.78, 5) is 19.3. The summed E-state index contributed by atoms with van der Waals surface area (Å²) < 4.78 is 2.01. The van der Waals surface area contributed by atoms with Crippen molar-refractivity contribution in [1.82, 2.24) is 14.7 Å². The molecule has 1 aliphatic carbocycles. The van der Waals surface area contributed by atoms with Crippen LogP contribution in [0, 0.1) is 5.92 Å². The maximum atomic E-state index is 12.2. The first kappa shape index (κ1) is 13.2. The molecule has 3 aromatic heterocycles. The molecule has 1 amide bonds. The SMILES string of the molecule is O=C(NCC1CCC(O)C1)c1cc2c(nc3sccn32)s1. The van der Waals surface area contributed by atoms with Gasteiger partial charge in [-0.25, -0.2) is 4.98 Å². The van der Waals surface area contributed by atoms with E-state index in [1.807, 2.05) is 22.0 Å². The van der Waals surface area contributed by atoms with Crippen molar-refractivity contribution in [3.05, 3.63) is 22.5 Å². The van der Waals surface area contributed by atoms with Gasteiger partial charge < -0.3 is 10.4 Å². The van der Waals surface area contributed by atoms with Gasteiger partial charge in [0, 0.05) is 18.1 Å². The molecule has 1 aliphatic rings. The number of aromatic nitrogens is 2.